The number of nitrogens with zero attached hydrogens (tertiary/aromatic N) is 1. The summed E-state index contributed by atoms with van der Waals surface area (Å²) in [6, 6.07) is 11.7. The van der Waals surface area contributed by atoms with Crippen LogP contribution >= 0.6 is 0 Å². The Bertz CT molecular complexity index is 679. The summed E-state index contributed by atoms with van der Waals surface area (Å²) in [5, 5.41) is 6.15. The molecule has 24 heavy (non-hydrogen) atoms. The number of hydrogen-bond donors (Lipinski definition) is 2. The average molecular weight is 325 g/mol. The molecule has 0 aliphatic carbocycles. The van der Waals surface area contributed by atoms with E-state index in [0.717, 1.165) is 42.9 Å². The topological polar surface area (TPSA) is 63.2 Å². The predicted molar refractivity (Wildman–Crippen MR) is 95.2 cm³/mol. The summed E-state index contributed by atoms with van der Waals surface area (Å²) >= 11 is 0. The van der Waals surface area contributed by atoms with Gasteiger partial charge in [0.2, 0.25) is 5.91 Å². The van der Waals surface area contributed by atoms with Gasteiger partial charge in [0.05, 0.1) is 24.4 Å². The number of rotatable bonds is 6. The van der Waals surface area contributed by atoms with Gasteiger partial charge in [-0.3, -0.25) is 4.79 Å². The minimum Gasteiger partial charge on any atom is -0.376 e. The van der Waals surface area contributed by atoms with Crippen LogP contribution < -0.4 is 10.6 Å². The van der Waals surface area contributed by atoms with Gasteiger partial charge in [0.15, 0.2) is 0 Å². The summed E-state index contributed by atoms with van der Waals surface area (Å²) in [5.74, 6) is 0.758. The van der Waals surface area contributed by atoms with Crippen molar-refractivity contribution in [1.82, 2.24) is 4.98 Å². The van der Waals surface area contributed by atoms with Gasteiger partial charge in [-0.2, -0.15) is 0 Å². The molecule has 5 heteroatoms. The van der Waals surface area contributed by atoms with Gasteiger partial charge in [-0.05, 0) is 43.0 Å². The van der Waals surface area contributed by atoms with Crippen molar-refractivity contribution in [3.8, 4) is 0 Å². The zero-order valence-corrected chi connectivity index (χ0v) is 13.9. The van der Waals surface area contributed by atoms with Crippen molar-refractivity contribution in [3.05, 3.63) is 53.7 Å². The second-order valence-corrected chi connectivity index (χ2v) is 6.10. The van der Waals surface area contributed by atoms with Crippen LogP contribution in [0.15, 0.2) is 42.6 Å². The monoisotopic (exact) mass is 325 g/mol. The van der Waals surface area contributed by atoms with E-state index < -0.39 is 0 Å². The molecule has 1 saturated heterocycles. The van der Waals surface area contributed by atoms with Gasteiger partial charge in [0.1, 0.15) is 5.82 Å². The van der Waals surface area contributed by atoms with Crippen LogP contribution in [0.3, 0.4) is 0 Å². The molecule has 1 aromatic heterocycles. The zero-order valence-electron chi connectivity index (χ0n) is 13.9. The summed E-state index contributed by atoms with van der Waals surface area (Å²) in [6.45, 7) is 3.64. The molecule has 2 N–H and O–H groups in total. The van der Waals surface area contributed by atoms with Gasteiger partial charge in [-0.15, -0.1) is 0 Å². The molecule has 2 aromatic rings. The summed E-state index contributed by atoms with van der Waals surface area (Å²) in [4.78, 5) is 16.5. The lowest BCUT2D eigenvalue weighted by atomic mass is 10.1. The number of amides is 1. The molecule has 1 aliphatic heterocycles. The molecule has 1 fully saturated rings. The molecule has 126 valence electrons. The fourth-order valence-corrected chi connectivity index (χ4v) is 2.78. The Morgan fingerprint density at radius 1 is 1.29 bits per heavy atom. The third-order valence-corrected chi connectivity index (χ3v) is 4.19. The van der Waals surface area contributed by atoms with E-state index in [1.54, 1.807) is 6.20 Å². The molecule has 1 unspecified atom stereocenters. The molecule has 1 aliphatic rings. The van der Waals surface area contributed by atoms with Crippen molar-refractivity contribution in [2.24, 2.45) is 0 Å². The zero-order chi connectivity index (χ0) is 16.8. The third kappa shape index (κ3) is 4.55. The molecule has 0 radical (unpaired) electrons. The molecule has 0 bridgehead atoms. The maximum atomic E-state index is 12.1. The summed E-state index contributed by atoms with van der Waals surface area (Å²) in [6.07, 6.45) is 4.55. The van der Waals surface area contributed by atoms with Crippen LogP contribution in [0, 0.1) is 6.92 Å². The van der Waals surface area contributed by atoms with Crippen LogP contribution in [0.5, 0.6) is 0 Å². The van der Waals surface area contributed by atoms with Crippen LogP contribution in [-0.4, -0.2) is 30.1 Å². The molecular formula is C19H23N3O2. The van der Waals surface area contributed by atoms with Crippen molar-refractivity contribution in [1.29, 1.82) is 0 Å². The minimum atomic E-state index is -0.0360. The number of ether oxygens (including phenoxy) is 1. The van der Waals surface area contributed by atoms with Crippen LogP contribution in [0.2, 0.25) is 0 Å². The number of carbonyl (C=O) groups excluding carboxylic acids is 1. The normalized spacial score (nSPS) is 16.8. The van der Waals surface area contributed by atoms with E-state index in [1.807, 2.05) is 43.3 Å². The first-order valence-corrected chi connectivity index (χ1v) is 8.36. The number of anilines is 2. The molecule has 1 atom stereocenters. The van der Waals surface area contributed by atoms with E-state index in [4.69, 9.17) is 4.74 Å². The third-order valence-electron chi connectivity index (χ3n) is 4.19. The van der Waals surface area contributed by atoms with Crippen LogP contribution in [0.1, 0.15) is 24.0 Å². The lowest BCUT2D eigenvalue weighted by molar-refractivity contribution is -0.115. The summed E-state index contributed by atoms with van der Waals surface area (Å²) in [5.41, 5.74) is 2.87. The Kier molecular flexibility index (Phi) is 5.43. The first kappa shape index (κ1) is 16.5. The van der Waals surface area contributed by atoms with Gasteiger partial charge in [0.25, 0.3) is 0 Å². The summed E-state index contributed by atoms with van der Waals surface area (Å²) < 4.78 is 5.57. The molecule has 5 nitrogen and oxygen atoms in total. The smallest absolute Gasteiger partial charge is 0.228 e. The molecule has 1 amide bonds. The molecule has 2 heterocycles. The van der Waals surface area contributed by atoms with Gasteiger partial charge in [-0.1, -0.05) is 24.3 Å². The average Bonchev–Trinajstić information content (AvgIpc) is 3.10. The highest BCUT2D eigenvalue weighted by Crippen LogP contribution is 2.15. The second-order valence-electron chi connectivity index (χ2n) is 6.10. The quantitative estimate of drug-likeness (QED) is 0.856. The van der Waals surface area contributed by atoms with Crippen molar-refractivity contribution in [2.45, 2.75) is 32.3 Å². The number of nitrogens with one attached hydrogen (secondary N) is 2. The van der Waals surface area contributed by atoms with Crippen LogP contribution in [0.4, 0.5) is 11.5 Å². The number of pyridine rings is 1. The largest absolute Gasteiger partial charge is 0.376 e. The van der Waals surface area contributed by atoms with E-state index in [2.05, 4.69) is 15.6 Å². The molecule has 1 aromatic carbocycles. The lowest BCUT2D eigenvalue weighted by Gasteiger charge is -2.12. The standard InChI is InChI=1S/C19H23N3O2/c1-14-5-2-3-6-15(14)11-19(23)22-16-8-9-18(20-12-16)21-13-17-7-4-10-24-17/h2-3,5-6,8-9,12,17H,4,7,10-11,13H2,1H3,(H,20,21)(H,22,23). The van der Waals surface area contributed by atoms with Crippen molar-refractivity contribution in [3.63, 3.8) is 0 Å². The Hall–Kier alpha value is -2.40. The Labute approximate surface area is 142 Å². The highest BCUT2D eigenvalue weighted by molar-refractivity contribution is 5.92. The molecule has 0 spiro atoms. The number of carbonyl (C=O) groups is 1. The van der Waals surface area contributed by atoms with E-state index in [-0.39, 0.29) is 12.0 Å². The van der Waals surface area contributed by atoms with E-state index in [0.29, 0.717) is 12.1 Å². The van der Waals surface area contributed by atoms with Crippen LogP contribution in [0.25, 0.3) is 0 Å². The highest BCUT2D eigenvalue weighted by Gasteiger charge is 2.15. The second kappa shape index (κ2) is 7.93. The molecule has 3 rings (SSSR count). The number of benzene rings is 1. The predicted octanol–water partition coefficient (Wildman–Crippen LogP) is 3.16. The maximum absolute atomic E-state index is 12.1. The maximum Gasteiger partial charge on any atom is 0.228 e. The van der Waals surface area contributed by atoms with E-state index >= 15 is 0 Å². The van der Waals surface area contributed by atoms with E-state index in [9.17, 15) is 4.79 Å². The molecule has 0 saturated carbocycles. The fraction of sp³-hybridized carbons (Fsp3) is 0.368. The number of aryl methyl sites for hydroxylation is 1. The first-order valence-electron chi connectivity index (χ1n) is 8.36. The van der Waals surface area contributed by atoms with E-state index in [1.165, 1.54) is 0 Å². The SMILES string of the molecule is Cc1ccccc1CC(=O)Nc1ccc(NCC2CCCO2)nc1. The molecular weight excluding hydrogens is 302 g/mol. The Morgan fingerprint density at radius 2 is 2.17 bits per heavy atom. The van der Waals surface area contributed by atoms with Gasteiger partial charge in [0, 0.05) is 13.2 Å². The van der Waals surface area contributed by atoms with Gasteiger partial charge >= 0.3 is 0 Å². The van der Waals surface area contributed by atoms with Crippen molar-refractivity contribution >= 4 is 17.4 Å². The fourth-order valence-electron chi connectivity index (χ4n) is 2.78. The van der Waals surface area contributed by atoms with Gasteiger partial charge < -0.3 is 15.4 Å². The van der Waals surface area contributed by atoms with Crippen molar-refractivity contribution < 1.29 is 9.53 Å². The summed E-state index contributed by atoms with van der Waals surface area (Å²) in [7, 11) is 0. The van der Waals surface area contributed by atoms with Gasteiger partial charge in [-0.25, -0.2) is 4.98 Å². The lowest BCUT2D eigenvalue weighted by Crippen LogP contribution is -2.19. The highest BCUT2D eigenvalue weighted by atomic mass is 16.5. The minimum absolute atomic E-state index is 0.0360. The first-order chi connectivity index (χ1) is 11.7. The van der Waals surface area contributed by atoms with Crippen LogP contribution in [-0.2, 0) is 16.0 Å². The Balaban J connectivity index is 1.50. The van der Waals surface area contributed by atoms with Crippen molar-refractivity contribution in [2.75, 3.05) is 23.8 Å². The number of hydrogen-bond acceptors (Lipinski definition) is 4. The number of aromatic nitrogens is 1. The Morgan fingerprint density at radius 3 is 2.88 bits per heavy atom.